The molecule has 0 spiro atoms. The lowest BCUT2D eigenvalue weighted by atomic mass is 9.89. The fourth-order valence-electron chi connectivity index (χ4n) is 3.08. The Labute approximate surface area is 140 Å². The van der Waals surface area contributed by atoms with Gasteiger partial charge in [0.15, 0.2) is 0 Å². The molecular weight excluding hydrogens is 306 g/mol. The number of carbonyl (C=O) groups excluding carboxylic acids is 1. The van der Waals surface area contributed by atoms with Crippen LogP contribution >= 0.6 is 0 Å². The molecule has 0 radical (unpaired) electrons. The summed E-state index contributed by atoms with van der Waals surface area (Å²) >= 11 is 0. The van der Waals surface area contributed by atoms with Crippen molar-refractivity contribution >= 4 is 11.9 Å². The SMILES string of the molecule is Cc1nc(N)ncc1C(=O)N1CCC([C@H](O)c2ccccn2)CC1. The number of amides is 1. The van der Waals surface area contributed by atoms with E-state index in [1.54, 1.807) is 18.0 Å². The van der Waals surface area contributed by atoms with Crippen LogP contribution in [0.4, 0.5) is 5.95 Å². The number of nitrogens with two attached hydrogens (primary N) is 1. The van der Waals surface area contributed by atoms with E-state index in [9.17, 15) is 9.90 Å². The van der Waals surface area contributed by atoms with E-state index in [-0.39, 0.29) is 17.8 Å². The van der Waals surface area contributed by atoms with E-state index >= 15 is 0 Å². The second kappa shape index (κ2) is 6.92. The molecular formula is C17H21N5O2. The summed E-state index contributed by atoms with van der Waals surface area (Å²) in [5.74, 6) is 0.187. The first-order chi connectivity index (χ1) is 11.6. The number of hydrogen-bond donors (Lipinski definition) is 2. The normalized spacial score (nSPS) is 16.8. The zero-order chi connectivity index (χ0) is 17.1. The van der Waals surface area contributed by atoms with E-state index in [0.717, 1.165) is 12.8 Å². The van der Waals surface area contributed by atoms with Crippen LogP contribution in [0.15, 0.2) is 30.6 Å². The molecule has 0 aromatic carbocycles. The van der Waals surface area contributed by atoms with Crippen LogP contribution in [0.1, 0.15) is 40.7 Å². The molecule has 1 aliphatic heterocycles. The van der Waals surface area contributed by atoms with Gasteiger partial charge in [0.2, 0.25) is 5.95 Å². The van der Waals surface area contributed by atoms with Gasteiger partial charge in [-0.3, -0.25) is 9.78 Å². The number of nitrogens with zero attached hydrogens (tertiary/aromatic N) is 4. The van der Waals surface area contributed by atoms with Gasteiger partial charge in [0, 0.05) is 25.5 Å². The van der Waals surface area contributed by atoms with E-state index < -0.39 is 6.10 Å². The van der Waals surface area contributed by atoms with Crippen molar-refractivity contribution < 1.29 is 9.90 Å². The van der Waals surface area contributed by atoms with Gasteiger partial charge in [-0.2, -0.15) is 0 Å². The van der Waals surface area contributed by atoms with Crippen LogP contribution in [0.25, 0.3) is 0 Å². The molecule has 1 amide bonds. The van der Waals surface area contributed by atoms with Crippen LogP contribution in [0, 0.1) is 12.8 Å². The highest BCUT2D eigenvalue weighted by Crippen LogP contribution is 2.30. The molecule has 1 atom stereocenters. The Kier molecular flexibility index (Phi) is 4.71. The highest BCUT2D eigenvalue weighted by Gasteiger charge is 2.29. The van der Waals surface area contributed by atoms with Gasteiger partial charge in [-0.15, -0.1) is 0 Å². The van der Waals surface area contributed by atoms with Crippen molar-refractivity contribution in [3.8, 4) is 0 Å². The minimum atomic E-state index is -0.593. The number of aliphatic hydroxyl groups excluding tert-OH is 1. The molecule has 7 heteroatoms. The zero-order valence-electron chi connectivity index (χ0n) is 13.6. The van der Waals surface area contributed by atoms with Crippen LogP contribution in [-0.4, -0.2) is 44.0 Å². The quantitative estimate of drug-likeness (QED) is 0.881. The molecule has 2 aromatic heterocycles. The third kappa shape index (κ3) is 3.35. The maximum Gasteiger partial charge on any atom is 0.257 e. The van der Waals surface area contributed by atoms with Crippen LogP contribution in [0.3, 0.4) is 0 Å². The molecule has 126 valence electrons. The summed E-state index contributed by atoms with van der Waals surface area (Å²) in [4.78, 5) is 26.6. The maximum absolute atomic E-state index is 12.6. The second-order valence-electron chi connectivity index (χ2n) is 6.06. The van der Waals surface area contributed by atoms with Crippen molar-refractivity contribution in [2.75, 3.05) is 18.8 Å². The smallest absolute Gasteiger partial charge is 0.257 e. The van der Waals surface area contributed by atoms with Crippen LogP contribution in [0.5, 0.6) is 0 Å². The summed E-state index contributed by atoms with van der Waals surface area (Å²) in [6.07, 6.45) is 4.04. The molecule has 3 N–H and O–H groups in total. The van der Waals surface area contributed by atoms with E-state index in [0.29, 0.717) is 30.0 Å². The number of aromatic nitrogens is 3. The lowest BCUT2D eigenvalue weighted by Crippen LogP contribution is -2.40. The van der Waals surface area contributed by atoms with E-state index in [4.69, 9.17) is 5.73 Å². The number of carbonyl (C=O) groups is 1. The van der Waals surface area contributed by atoms with Gasteiger partial charge in [0.25, 0.3) is 5.91 Å². The molecule has 3 rings (SSSR count). The molecule has 24 heavy (non-hydrogen) atoms. The highest BCUT2D eigenvalue weighted by atomic mass is 16.3. The van der Waals surface area contributed by atoms with E-state index in [1.165, 1.54) is 6.20 Å². The molecule has 0 unspecified atom stereocenters. The summed E-state index contributed by atoms with van der Waals surface area (Å²) < 4.78 is 0. The lowest BCUT2D eigenvalue weighted by molar-refractivity contribution is 0.0446. The van der Waals surface area contributed by atoms with Crippen LogP contribution < -0.4 is 5.73 Å². The number of rotatable bonds is 3. The fourth-order valence-corrected chi connectivity index (χ4v) is 3.08. The minimum Gasteiger partial charge on any atom is -0.387 e. The largest absolute Gasteiger partial charge is 0.387 e. The van der Waals surface area contributed by atoms with Crippen molar-refractivity contribution in [1.29, 1.82) is 0 Å². The first-order valence-corrected chi connectivity index (χ1v) is 8.03. The van der Waals surface area contributed by atoms with Crippen LogP contribution in [-0.2, 0) is 0 Å². The number of nitrogen functional groups attached to an aromatic ring is 1. The summed E-state index contributed by atoms with van der Waals surface area (Å²) in [7, 11) is 0. The average molecular weight is 327 g/mol. The molecule has 1 aliphatic rings. The number of likely N-dealkylation sites (tertiary alicyclic amines) is 1. The number of pyridine rings is 1. The van der Waals surface area contributed by atoms with E-state index in [2.05, 4.69) is 15.0 Å². The molecule has 0 saturated carbocycles. The third-order valence-electron chi connectivity index (χ3n) is 4.49. The van der Waals surface area contributed by atoms with Gasteiger partial charge in [-0.05, 0) is 37.8 Å². The van der Waals surface area contributed by atoms with Gasteiger partial charge < -0.3 is 15.7 Å². The summed E-state index contributed by atoms with van der Waals surface area (Å²) in [5.41, 5.74) is 7.28. The maximum atomic E-state index is 12.6. The first kappa shape index (κ1) is 16.3. The Bertz CT molecular complexity index is 714. The van der Waals surface area contributed by atoms with Gasteiger partial charge in [0.05, 0.1) is 23.1 Å². The topological polar surface area (TPSA) is 105 Å². The van der Waals surface area contributed by atoms with Gasteiger partial charge in [-0.25, -0.2) is 9.97 Å². The fraction of sp³-hybridized carbons (Fsp3) is 0.412. The summed E-state index contributed by atoms with van der Waals surface area (Å²) in [6.45, 7) is 2.94. The second-order valence-corrected chi connectivity index (χ2v) is 6.06. The van der Waals surface area contributed by atoms with E-state index in [1.807, 2.05) is 18.2 Å². The minimum absolute atomic E-state index is 0.0849. The van der Waals surface area contributed by atoms with Crippen molar-refractivity contribution in [1.82, 2.24) is 19.9 Å². The molecule has 3 heterocycles. The molecule has 0 aliphatic carbocycles. The Balaban J connectivity index is 1.63. The summed E-state index contributed by atoms with van der Waals surface area (Å²) in [6, 6.07) is 5.53. The van der Waals surface area contributed by atoms with Crippen molar-refractivity contribution in [3.05, 3.63) is 47.5 Å². The van der Waals surface area contributed by atoms with Gasteiger partial charge >= 0.3 is 0 Å². The van der Waals surface area contributed by atoms with Gasteiger partial charge in [-0.1, -0.05) is 6.07 Å². The van der Waals surface area contributed by atoms with Crippen molar-refractivity contribution in [2.45, 2.75) is 25.9 Å². The number of hydrogen-bond acceptors (Lipinski definition) is 6. The molecule has 2 aromatic rings. The molecule has 1 fully saturated rings. The predicted molar refractivity (Wildman–Crippen MR) is 89.0 cm³/mol. The zero-order valence-corrected chi connectivity index (χ0v) is 13.6. The Morgan fingerprint density at radius 1 is 1.33 bits per heavy atom. The van der Waals surface area contributed by atoms with Gasteiger partial charge in [0.1, 0.15) is 0 Å². The highest BCUT2D eigenvalue weighted by molar-refractivity contribution is 5.95. The Morgan fingerprint density at radius 3 is 2.71 bits per heavy atom. The number of piperidine rings is 1. The molecule has 7 nitrogen and oxygen atoms in total. The first-order valence-electron chi connectivity index (χ1n) is 8.03. The van der Waals surface area contributed by atoms with Crippen molar-refractivity contribution in [3.63, 3.8) is 0 Å². The molecule has 0 bridgehead atoms. The molecule has 1 saturated heterocycles. The lowest BCUT2D eigenvalue weighted by Gasteiger charge is -2.34. The summed E-state index contributed by atoms with van der Waals surface area (Å²) in [5, 5.41) is 10.5. The number of aryl methyl sites for hydroxylation is 1. The monoisotopic (exact) mass is 327 g/mol. The average Bonchev–Trinajstić information content (AvgIpc) is 2.61. The van der Waals surface area contributed by atoms with Crippen molar-refractivity contribution in [2.24, 2.45) is 5.92 Å². The predicted octanol–water partition coefficient (Wildman–Crippen LogP) is 1.35. The number of anilines is 1. The third-order valence-corrected chi connectivity index (χ3v) is 4.49. The Morgan fingerprint density at radius 2 is 2.08 bits per heavy atom. The standard InChI is InChI=1S/C17H21N5O2/c1-11-13(10-20-17(18)21-11)16(24)22-8-5-12(6-9-22)15(23)14-4-2-3-7-19-14/h2-4,7,10,12,15,23H,5-6,8-9H2,1H3,(H2,18,20,21)/t15-/m0/s1. The number of aliphatic hydroxyl groups is 1. The van der Waals surface area contributed by atoms with Crippen LogP contribution in [0.2, 0.25) is 0 Å². The Hall–Kier alpha value is -2.54.